The van der Waals surface area contributed by atoms with Crippen molar-refractivity contribution in [2.45, 2.75) is 51.9 Å². The summed E-state index contributed by atoms with van der Waals surface area (Å²) in [4.78, 5) is 25.2. The van der Waals surface area contributed by atoms with Gasteiger partial charge in [-0.3, -0.25) is 14.5 Å². The molecule has 18 heavy (non-hydrogen) atoms. The SMILES string of the molecule is CCCN1CCCCCCC(=O)CC(=O)OCC1. The second-order valence-corrected chi connectivity index (χ2v) is 4.94. The van der Waals surface area contributed by atoms with E-state index in [-0.39, 0.29) is 18.2 Å². The van der Waals surface area contributed by atoms with Crippen molar-refractivity contribution in [2.24, 2.45) is 0 Å². The Bertz CT molecular complexity index is 266. The van der Waals surface area contributed by atoms with Crippen LogP contribution in [0.1, 0.15) is 51.9 Å². The topological polar surface area (TPSA) is 46.6 Å². The summed E-state index contributed by atoms with van der Waals surface area (Å²) < 4.78 is 5.10. The van der Waals surface area contributed by atoms with Gasteiger partial charge in [-0.15, -0.1) is 0 Å². The predicted octanol–water partition coefficient (Wildman–Crippen LogP) is 2.16. The highest BCUT2D eigenvalue weighted by molar-refractivity contribution is 5.95. The normalized spacial score (nSPS) is 21.6. The molecular weight excluding hydrogens is 230 g/mol. The van der Waals surface area contributed by atoms with Crippen molar-refractivity contribution in [1.82, 2.24) is 4.90 Å². The summed E-state index contributed by atoms with van der Waals surface area (Å²) in [5, 5.41) is 0. The molecule has 1 aliphatic rings. The van der Waals surface area contributed by atoms with Crippen LogP contribution in [0.15, 0.2) is 0 Å². The molecule has 104 valence electrons. The molecule has 0 amide bonds. The minimum Gasteiger partial charge on any atom is -0.464 e. The van der Waals surface area contributed by atoms with Crippen LogP contribution in [0.5, 0.6) is 0 Å². The van der Waals surface area contributed by atoms with E-state index in [1.54, 1.807) is 0 Å². The van der Waals surface area contributed by atoms with Crippen LogP contribution in [0.25, 0.3) is 0 Å². The third-order valence-electron chi connectivity index (χ3n) is 3.23. The van der Waals surface area contributed by atoms with E-state index in [4.69, 9.17) is 4.74 Å². The Labute approximate surface area is 110 Å². The third-order valence-corrected chi connectivity index (χ3v) is 3.23. The molecule has 4 heteroatoms. The van der Waals surface area contributed by atoms with E-state index in [9.17, 15) is 9.59 Å². The Kier molecular flexibility index (Phi) is 7.65. The Balaban J connectivity index is 2.41. The highest BCUT2D eigenvalue weighted by Gasteiger charge is 2.12. The zero-order chi connectivity index (χ0) is 13.2. The Morgan fingerprint density at radius 1 is 1.11 bits per heavy atom. The smallest absolute Gasteiger partial charge is 0.313 e. The van der Waals surface area contributed by atoms with Gasteiger partial charge in [0.1, 0.15) is 18.8 Å². The number of rotatable bonds is 2. The number of ether oxygens (including phenoxy) is 1. The molecule has 1 saturated heterocycles. The molecule has 0 unspecified atom stereocenters. The minimum absolute atomic E-state index is 0.0182. The van der Waals surface area contributed by atoms with Crippen LogP contribution < -0.4 is 0 Å². The van der Waals surface area contributed by atoms with Gasteiger partial charge in [0, 0.05) is 13.0 Å². The van der Waals surface area contributed by atoms with Crippen molar-refractivity contribution < 1.29 is 14.3 Å². The summed E-state index contributed by atoms with van der Waals surface area (Å²) in [6.07, 6.45) is 5.92. The molecule has 4 nitrogen and oxygen atoms in total. The summed E-state index contributed by atoms with van der Waals surface area (Å²) in [5.74, 6) is -0.347. The van der Waals surface area contributed by atoms with Gasteiger partial charge < -0.3 is 4.74 Å². The van der Waals surface area contributed by atoms with Crippen LogP contribution in [0.3, 0.4) is 0 Å². The molecule has 0 atom stereocenters. The second-order valence-electron chi connectivity index (χ2n) is 4.94. The fourth-order valence-corrected chi connectivity index (χ4v) is 2.25. The third kappa shape index (κ3) is 6.74. The number of carbonyl (C=O) groups is 2. The number of nitrogens with zero attached hydrogens (tertiary/aromatic N) is 1. The van der Waals surface area contributed by atoms with Gasteiger partial charge in [0.2, 0.25) is 0 Å². The average molecular weight is 255 g/mol. The molecule has 0 saturated carbocycles. The number of carbonyl (C=O) groups excluding carboxylic acids is 2. The van der Waals surface area contributed by atoms with Crippen molar-refractivity contribution in [1.29, 1.82) is 0 Å². The summed E-state index contributed by atoms with van der Waals surface area (Å²) >= 11 is 0. The summed E-state index contributed by atoms with van der Waals surface area (Å²) in [5.41, 5.74) is 0. The molecule has 0 aromatic carbocycles. The standard InChI is InChI=1S/C14H25NO3/c1-2-8-15-9-6-4-3-5-7-13(16)12-14(17)18-11-10-15/h2-12H2,1H3. The number of hydrogen-bond donors (Lipinski definition) is 0. The molecule has 0 bridgehead atoms. The van der Waals surface area contributed by atoms with E-state index in [1.165, 1.54) is 12.8 Å². The molecule has 1 heterocycles. The lowest BCUT2D eigenvalue weighted by Crippen LogP contribution is -2.30. The van der Waals surface area contributed by atoms with Crippen molar-refractivity contribution in [3.63, 3.8) is 0 Å². The highest BCUT2D eigenvalue weighted by atomic mass is 16.5. The van der Waals surface area contributed by atoms with Gasteiger partial charge in [-0.05, 0) is 32.4 Å². The summed E-state index contributed by atoms with van der Waals surface area (Å²) in [6.45, 7) is 5.47. The van der Waals surface area contributed by atoms with Gasteiger partial charge in [-0.1, -0.05) is 19.8 Å². The molecular formula is C14H25NO3. The molecule has 1 aliphatic heterocycles. The quantitative estimate of drug-likeness (QED) is 0.560. The van der Waals surface area contributed by atoms with Crippen molar-refractivity contribution in [3.8, 4) is 0 Å². The molecule has 1 fully saturated rings. The second kappa shape index (κ2) is 9.09. The largest absolute Gasteiger partial charge is 0.464 e. The summed E-state index contributed by atoms with van der Waals surface area (Å²) in [7, 11) is 0. The molecule has 0 aromatic rings. The Morgan fingerprint density at radius 3 is 2.67 bits per heavy atom. The van der Waals surface area contributed by atoms with Gasteiger partial charge in [0.15, 0.2) is 0 Å². The first-order valence-electron chi connectivity index (χ1n) is 7.12. The zero-order valence-corrected chi connectivity index (χ0v) is 11.5. The molecule has 0 aliphatic carbocycles. The minimum atomic E-state index is -0.365. The molecule has 1 rings (SSSR count). The van der Waals surface area contributed by atoms with Crippen LogP contribution >= 0.6 is 0 Å². The predicted molar refractivity (Wildman–Crippen MR) is 70.4 cm³/mol. The first-order chi connectivity index (χ1) is 8.72. The summed E-state index contributed by atoms with van der Waals surface area (Å²) in [6, 6.07) is 0. The highest BCUT2D eigenvalue weighted by Crippen LogP contribution is 2.08. The van der Waals surface area contributed by atoms with E-state index in [0.29, 0.717) is 13.0 Å². The maximum absolute atomic E-state index is 11.5. The molecule has 0 radical (unpaired) electrons. The lowest BCUT2D eigenvalue weighted by Gasteiger charge is -2.21. The van der Waals surface area contributed by atoms with Crippen molar-refractivity contribution in [2.75, 3.05) is 26.2 Å². The van der Waals surface area contributed by atoms with E-state index in [2.05, 4.69) is 11.8 Å². The van der Waals surface area contributed by atoms with Gasteiger partial charge in [0.05, 0.1) is 0 Å². The number of cyclic esters (lactones) is 1. The monoisotopic (exact) mass is 255 g/mol. The van der Waals surface area contributed by atoms with E-state index in [1.807, 2.05) is 0 Å². The van der Waals surface area contributed by atoms with Gasteiger partial charge in [-0.25, -0.2) is 0 Å². The lowest BCUT2D eigenvalue weighted by molar-refractivity contribution is -0.146. The van der Waals surface area contributed by atoms with Crippen LogP contribution in [0.2, 0.25) is 0 Å². The first kappa shape index (κ1) is 15.2. The number of esters is 1. The van der Waals surface area contributed by atoms with Gasteiger partial charge >= 0.3 is 5.97 Å². The van der Waals surface area contributed by atoms with Crippen LogP contribution in [0.4, 0.5) is 0 Å². The fourth-order valence-electron chi connectivity index (χ4n) is 2.25. The van der Waals surface area contributed by atoms with E-state index < -0.39 is 0 Å². The average Bonchev–Trinajstić information content (AvgIpc) is 2.33. The van der Waals surface area contributed by atoms with Gasteiger partial charge in [0.25, 0.3) is 0 Å². The Hall–Kier alpha value is -0.900. The van der Waals surface area contributed by atoms with E-state index in [0.717, 1.165) is 38.9 Å². The maximum Gasteiger partial charge on any atom is 0.313 e. The first-order valence-corrected chi connectivity index (χ1v) is 7.12. The number of Topliss-reactive ketones (excluding diaryl/α,β-unsaturated/α-hetero) is 1. The van der Waals surface area contributed by atoms with Crippen molar-refractivity contribution >= 4 is 11.8 Å². The van der Waals surface area contributed by atoms with Crippen LogP contribution in [-0.2, 0) is 14.3 Å². The zero-order valence-electron chi connectivity index (χ0n) is 11.5. The number of ketones is 1. The van der Waals surface area contributed by atoms with E-state index >= 15 is 0 Å². The van der Waals surface area contributed by atoms with Crippen molar-refractivity contribution in [3.05, 3.63) is 0 Å². The fraction of sp³-hybridized carbons (Fsp3) is 0.857. The number of hydrogen-bond acceptors (Lipinski definition) is 4. The molecule has 0 N–H and O–H groups in total. The molecule has 0 aromatic heterocycles. The maximum atomic E-state index is 11.5. The van der Waals surface area contributed by atoms with Gasteiger partial charge in [-0.2, -0.15) is 0 Å². The Morgan fingerprint density at radius 2 is 1.89 bits per heavy atom. The van der Waals surface area contributed by atoms with Crippen LogP contribution in [-0.4, -0.2) is 42.9 Å². The van der Waals surface area contributed by atoms with Crippen LogP contribution in [0, 0.1) is 0 Å². The lowest BCUT2D eigenvalue weighted by atomic mass is 10.1. The molecule has 0 spiro atoms.